The maximum absolute atomic E-state index is 11.5. The van der Waals surface area contributed by atoms with Crippen molar-refractivity contribution in [2.24, 2.45) is 0 Å². The number of rotatable bonds is 7. The van der Waals surface area contributed by atoms with Crippen LogP contribution in [0.25, 0.3) is 0 Å². The quantitative estimate of drug-likeness (QED) is 0.718. The van der Waals surface area contributed by atoms with Gasteiger partial charge < -0.3 is 15.2 Å². The number of aromatic nitrogens is 1. The number of nitrogens with one attached hydrogen (secondary N) is 1. The molecule has 0 atom stereocenters. The van der Waals surface area contributed by atoms with Gasteiger partial charge in [-0.1, -0.05) is 6.92 Å². The molecule has 18 heavy (non-hydrogen) atoms. The molecule has 6 nitrogen and oxygen atoms in total. The summed E-state index contributed by atoms with van der Waals surface area (Å²) in [5.41, 5.74) is 0.221. The number of hydrogen-bond donors (Lipinski definition) is 2. The predicted octanol–water partition coefficient (Wildman–Crippen LogP) is 1.53. The van der Waals surface area contributed by atoms with Crippen molar-refractivity contribution >= 4 is 17.6 Å². The van der Waals surface area contributed by atoms with Gasteiger partial charge in [0, 0.05) is 12.8 Å². The first-order chi connectivity index (χ1) is 8.65. The zero-order valence-corrected chi connectivity index (χ0v) is 10.2. The average Bonchev–Trinajstić information content (AvgIpc) is 2.35. The van der Waals surface area contributed by atoms with Crippen LogP contribution in [0.2, 0.25) is 0 Å². The maximum Gasteiger partial charge on any atom is 0.337 e. The Kier molecular flexibility index (Phi) is 5.79. The van der Waals surface area contributed by atoms with E-state index >= 15 is 0 Å². The van der Waals surface area contributed by atoms with Crippen molar-refractivity contribution in [1.82, 2.24) is 4.98 Å². The fourth-order valence-electron chi connectivity index (χ4n) is 1.30. The molecule has 0 aliphatic heterocycles. The van der Waals surface area contributed by atoms with Crippen molar-refractivity contribution in [2.45, 2.75) is 19.8 Å². The number of carboxylic acids is 1. The molecule has 1 aromatic heterocycles. The van der Waals surface area contributed by atoms with E-state index in [-0.39, 0.29) is 23.6 Å². The summed E-state index contributed by atoms with van der Waals surface area (Å²) in [7, 11) is 0. The molecule has 1 aromatic rings. The third kappa shape index (κ3) is 4.50. The molecule has 1 amide bonds. The van der Waals surface area contributed by atoms with E-state index in [1.54, 1.807) is 0 Å². The number of ether oxygens (including phenoxy) is 1. The minimum atomic E-state index is -1.10. The molecule has 2 N–H and O–H groups in total. The standard InChI is InChI=1S/C12H16N2O4/c1-2-6-18-7-4-11(15)14-10-8-13-5-3-9(10)12(16)17/h3,5,8H,2,4,6-7H2,1H3,(H,14,15)(H,16,17). The topological polar surface area (TPSA) is 88.5 Å². The van der Waals surface area contributed by atoms with E-state index in [0.29, 0.717) is 13.2 Å². The highest BCUT2D eigenvalue weighted by molar-refractivity contribution is 6.00. The molecule has 6 heteroatoms. The second-order valence-corrected chi connectivity index (χ2v) is 3.64. The largest absolute Gasteiger partial charge is 0.478 e. The van der Waals surface area contributed by atoms with Gasteiger partial charge in [0.15, 0.2) is 0 Å². The van der Waals surface area contributed by atoms with E-state index in [0.717, 1.165) is 6.42 Å². The number of carbonyl (C=O) groups is 2. The summed E-state index contributed by atoms with van der Waals surface area (Å²) >= 11 is 0. The van der Waals surface area contributed by atoms with Crippen LogP contribution in [0.15, 0.2) is 18.5 Å². The van der Waals surface area contributed by atoms with E-state index < -0.39 is 5.97 Å². The summed E-state index contributed by atoms with van der Waals surface area (Å²) < 4.78 is 5.18. The second-order valence-electron chi connectivity index (χ2n) is 3.64. The van der Waals surface area contributed by atoms with Crippen LogP contribution in [0.1, 0.15) is 30.1 Å². The highest BCUT2D eigenvalue weighted by Crippen LogP contribution is 2.13. The van der Waals surface area contributed by atoms with Gasteiger partial charge in [0.25, 0.3) is 0 Å². The van der Waals surface area contributed by atoms with Crippen LogP contribution >= 0.6 is 0 Å². The molecule has 0 unspecified atom stereocenters. The van der Waals surface area contributed by atoms with Crippen molar-refractivity contribution in [3.63, 3.8) is 0 Å². The first kappa shape index (κ1) is 14.1. The normalized spacial score (nSPS) is 10.1. The molecule has 0 aliphatic rings. The molecule has 0 bridgehead atoms. The zero-order chi connectivity index (χ0) is 13.4. The number of nitrogens with zero attached hydrogens (tertiary/aromatic N) is 1. The Morgan fingerprint density at radius 3 is 2.89 bits per heavy atom. The van der Waals surface area contributed by atoms with Gasteiger partial charge in [-0.05, 0) is 12.5 Å². The molecular weight excluding hydrogens is 236 g/mol. The third-order valence-electron chi connectivity index (χ3n) is 2.15. The van der Waals surface area contributed by atoms with E-state index in [1.165, 1.54) is 18.5 Å². The first-order valence-corrected chi connectivity index (χ1v) is 5.70. The van der Waals surface area contributed by atoms with Gasteiger partial charge in [-0.25, -0.2) is 4.79 Å². The summed E-state index contributed by atoms with van der Waals surface area (Å²) in [6, 6.07) is 1.34. The van der Waals surface area contributed by atoms with Crippen molar-refractivity contribution in [2.75, 3.05) is 18.5 Å². The van der Waals surface area contributed by atoms with E-state index in [1.807, 2.05) is 6.92 Å². The smallest absolute Gasteiger partial charge is 0.337 e. The number of aromatic carboxylic acids is 1. The van der Waals surface area contributed by atoms with Crippen LogP contribution in [-0.4, -0.2) is 35.2 Å². The van der Waals surface area contributed by atoms with Crippen LogP contribution in [0.3, 0.4) is 0 Å². The van der Waals surface area contributed by atoms with Crippen LogP contribution < -0.4 is 5.32 Å². The molecule has 0 saturated heterocycles. The van der Waals surface area contributed by atoms with Crippen molar-refractivity contribution in [1.29, 1.82) is 0 Å². The first-order valence-electron chi connectivity index (χ1n) is 5.70. The fourth-order valence-corrected chi connectivity index (χ4v) is 1.30. The lowest BCUT2D eigenvalue weighted by molar-refractivity contribution is -0.117. The van der Waals surface area contributed by atoms with Crippen LogP contribution in [0, 0.1) is 0 Å². The molecule has 0 saturated carbocycles. The predicted molar refractivity (Wildman–Crippen MR) is 65.6 cm³/mol. The lowest BCUT2D eigenvalue weighted by Gasteiger charge is -2.07. The van der Waals surface area contributed by atoms with Crippen LogP contribution in [0.5, 0.6) is 0 Å². The fraction of sp³-hybridized carbons (Fsp3) is 0.417. The van der Waals surface area contributed by atoms with Crippen molar-refractivity contribution < 1.29 is 19.4 Å². The Balaban J connectivity index is 2.51. The second kappa shape index (κ2) is 7.39. The Hall–Kier alpha value is -1.95. The molecule has 0 radical (unpaired) electrons. The lowest BCUT2D eigenvalue weighted by atomic mass is 10.2. The molecule has 0 spiro atoms. The number of hydrogen-bond acceptors (Lipinski definition) is 4. The van der Waals surface area contributed by atoms with E-state index in [9.17, 15) is 9.59 Å². The zero-order valence-electron chi connectivity index (χ0n) is 10.2. The van der Waals surface area contributed by atoms with Crippen molar-refractivity contribution in [3.05, 3.63) is 24.0 Å². The van der Waals surface area contributed by atoms with Crippen molar-refractivity contribution in [3.8, 4) is 0 Å². The average molecular weight is 252 g/mol. The summed E-state index contributed by atoms with van der Waals surface area (Å²) in [5.74, 6) is -1.39. The Labute approximate surface area is 105 Å². The molecule has 98 valence electrons. The summed E-state index contributed by atoms with van der Waals surface area (Å²) in [5, 5.41) is 11.4. The summed E-state index contributed by atoms with van der Waals surface area (Å²) in [4.78, 5) is 26.2. The van der Waals surface area contributed by atoms with Gasteiger partial charge in [0.05, 0.1) is 30.5 Å². The number of carbonyl (C=O) groups excluding carboxylic acids is 1. The minimum Gasteiger partial charge on any atom is -0.478 e. The van der Waals surface area contributed by atoms with Gasteiger partial charge in [-0.15, -0.1) is 0 Å². The Morgan fingerprint density at radius 2 is 2.22 bits per heavy atom. The maximum atomic E-state index is 11.5. The highest BCUT2D eigenvalue weighted by Gasteiger charge is 2.11. The van der Waals surface area contributed by atoms with Gasteiger partial charge in [0.1, 0.15) is 0 Å². The number of amides is 1. The molecule has 1 heterocycles. The highest BCUT2D eigenvalue weighted by atomic mass is 16.5. The summed E-state index contributed by atoms with van der Waals surface area (Å²) in [6.45, 7) is 2.91. The van der Waals surface area contributed by atoms with Gasteiger partial charge >= 0.3 is 5.97 Å². The van der Waals surface area contributed by atoms with Gasteiger partial charge in [-0.3, -0.25) is 9.78 Å². The van der Waals surface area contributed by atoms with Gasteiger partial charge in [0.2, 0.25) is 5.91 Å². The van der Waals surface area contributed by atoms with E-state index in [4.69, 9.17) is 9.84 Å². The van der Waals surface area contributed by atoms with Gasteiger partial charge in [-0.2, -0.15) is 0 Å². The lowest BCUT2D eigenvalue weighted by Crippen LogP contribution is -2.16. The SMILES string of the molecule is CCCOCCC(=O)Nc1cnccc1C(=O)O. The Bertz CT molecular complexity index is 420. The molecule has 0 aromatic carbocycles. The monoisotopic (exact) mass is 252 g/mol. The van der Waals surface area contributed by atoms with E-state index in [2.05, 4.69) is 10.3 Å². The summed E-state index contributed by atoms with van der Waals surface area (Å²) in [6.07, 6.45) is 3.76. The number of carboxylic acid groups (broad SMARTS) is 1. The third-order valence-corrected chi connectivity index (χ3v) is 2.15. The molecule has 1 rings (SSSR count). The Morgan fingerprint density at radius 1 is 1.44 bits per heavy atom. The molecule has 0 fully saturated rings. The molecule has 0 aliphatic carbocycles. The van der Waals surface area contributed by atoms with Crippen LogP contribution in [0.4, 0.5) is 5.69 Å². The van der Waals surface area contributed by atoms with Crippen LogP contribution in [-0.2, 0) is 9.53 Å². The minimum absolute atomic E-state index is 0.0211. The number of pyridine rings is 1. The number of anilines is 1. The molecular formula is C12H16N2O4.